The predicted octanol–water partition coefficient (Wildman–Crippen LogP) is 0.639. The standard InChI is InChI=1S/C9H11NO2.Cu/c10-8(9(11)12)6-7-4-2-1-3-5-7;/h1-5,8H,6,10H2,(H,11,12);/q;+1. The molecule has 0 amide bonds. The number of aliphatic carboxylic acids is 1. The molecule has 1 rings (SSSR count). The minimum atomic E-state index is -0.959. The molecule has 0 aromatic heterocycles. The molecular formula is C9H11CuNO2+. The smallest absolute Gasteiger partial charge is 0.480 e. The van der Waals surface area contributed by atoms with Crippen molar-refractivity contribution in [3.63, 3.8) is 0 Å². The van der Waals surface area contributed by atoms with Crippen LogP contribution in [0.15, 0.2) is 30.3 Å². The topological polar surface area (TPSA) is 63.3 Å². The summed E-state index contributed by atoms with van der Waals surface area (Å²) in [6, 6.07) is 8.54. The first-order chi connectivity index (χ1) is 5.70. The first-order valence-electron chi connectivity index (χ1n) is 3.72. The average Bonchev–Trinajstić information content (AvgIpc) is 2.06. The predicted molar refractivity (Wildman–Crippen MR) is 45.8 cm³/mol. The second kappa shape index (κ2) is 5.75. The Bertz CT molecular complexity index is 264. The number of hydrogen-bond acceptors (Lipinski definition) is 2. The summed E-state index contributed by atoms with van der Waals surface area (Å²) in [7, 11) is 0. The fourth-order valence-electron chi connectivity index (χ4n) is 0.955. The van der Waals surface area contributed by atoms with E-state index in [0.29, 0.717) is 6.42 Å². The number of hydrogen-bond donors (Lipinski definition) is 2. The van der Waals surface area contributed by atoms with Gasteiger partial charge in [0, 0.05) is 0 Å². The number of carboxylic acid groups (broad SMARTS) is 1. The van der Waals surface area contributed by atoms with Gasteiger partial charge < -0.3 is 10.8 Å². The molecule has 0 aliphatic heterocycles. The molecular weight excluding hydrogens is 218 g/mol. The number of benzene rings is 1. The fraction of sp³-hybridized carbons (Fsp3) is 0.222. The van der Waals surface area contributed by atoms with Crippen LogP contribution in [0.25, 0.3) is 0 Å². The van der Waals surface area contributed by atoms with Crippen molar-refractivity contribution < 1.29 is 27.0 Å². The molecule has 1 unspecified atom stereocenters. The Hall–Kier alpha value is -0.831. The Balaban J connectivity index is 0.00000144. The van der Waals surface area contributed by atoms with Crippen molar-refractivity contribution in [1.29, 1.82) is 0 Å². The van der Waals surface area contributed by atoms with E-state index in [2.05, 4.69) is 0 Å². The molecule has 0 fully saturated rings. The third-order valence-electron chi connectivity index (χ3n) is 1.62. The van der Waals surface area contributed by atoms with E-state index in [0.717, 1.165) is 5.56 Å². The molecule has 0 aliphatic carbocycles. The van der Waals surface area contributed by atoms with Gasteiger partial charge in [0.2, 0.25) is 0 Å². The average molecular weight is 229 g/mol. The third kappa shape index (κ3) is 4.08. The van der Waals surface area contributed by atoms with Crippen LogP contribution < -0.4 is 5.73 Å². The molecule has 0 bridgehead atoms. The van der Waals surface area contributed by atoms with Crippen molar-refractivity contribution in [3.05, 3.63) is 35.9 Å². The van der Waals surface area contributed by atoms with Crippen molar-refractivity contribution in [2.45, 2.75) is 12.5 Å². The zero-order valence-corrected chi connectivity index (χ0v) is 7.85. The minimum Gasteiger partial charge on any atom is -0.480 e. The van der Waals surface area contributed by atoms with Crippen LogP contribution in [-0.2, 0) is 28.3 Å². The van der Waals surface area contributed by atoms with Crippen LogP contribution in [0, 0.1) is 0 Å². The van der Waals surface area contributed by atoms with E-state index >= 15 is 0 Å². The van der Waals surface area contributed by atoms with Gasteiger partial charge in [-0.3, -0.25) is 4.79 Å². The van der Waals surface area contributed by atoms with Crippen molar-refractivity contribution in [2.75, 3.05) is 0 Å². The summed E-state index contributed by atoms with van der Waals surface area (Å²) in [5.74, 6) is -0.959. The van der Waals surface area contributed by atoms with Gasteiger partial charge in [0.15, 0.2) is 0 Å². The summed E-state index contributed by atoms with van der Waals surface area (Å²) in [4.78, 5) is 10.4. The summed E-state index contributed by atoms with van der Waals surface area (Å²) in [5.41, 5.74) is 6.30. The van der Waals surface area contributed by atoms with Crippen LogP contribution in [0.5, 0.6) is 0 Å². The molecule has 0 aliphatic rings. The van der Waals surface area contributed by atoms with Crippen LogP contribution in [0.3, 0.4) is 0 Å². The van der Waals surface area contributed by atoms with E-state index in [9.17, 15) is 4.79 Å². The third-order valence-corrected chi connectivity index (χ3v) is 1.62. The van der Waals surface area contributed by atoms with Crippen molar-refractivity contribution in [2.24, 2.45) is 5.73 Å². The molecule has 0 saturated carbocycles. The van der Waals surface area contributed by atoms with Crippen LogP contribution in [0.4, 0.5) is 0 Å². The molecule has 13 heavy (non-hydrogen) atoms. The van der Waals surface area contributed by atoms with Crippen molar-refractivity contribution >= 4 is 5.97 Å². The van der Waals surface area contributed by atoms with Gasteiger partial charge in [0.1, 0.15) is 6.04 Å². The molecule has 3 nitrogen and oxygen atoms in total. The summed E-state index contributed by atoms with van der Waals surface area (Å²) >= 11 is 0. The van der Waals surface area contributed by atoms with Crippen molar-refractivity contribution in [3.8, 4) is 0 Å². The maximum Gasteiger partial charge on any atom is 1.00 e. The van der Waals surface area contributed by atoms with Gasteiger partial charge in [-0.15, -0.1) is 0 Å². The summed E-state index contributed by atoms with van der Waals surface area (Å²) < 4.78 is 0. The number of carbonyl (C=O) groups is 1. The number of nitrogens with two attached hydrogens (primary N) is 1. The first-order valence-corrected chi connectivity index (χ1v) is 3.72. The first kappa shape index (κ1) is 12.2. The zero-order valence-electron chi connectivity index (χ0n) is 6.91. The SMILES string of the molecule is NC(Cc1ccccc1)C(=O)O.[Cu+]. The Kier molecular flexibility index (Phi) is 5.39. The normalized spacial score (nSPS) is 11.5. The molecule has 0 saturated heterocycles. The Labute approximate surface area is 87.4 Å². The quantitative estimate of drug-likeness (QED) is 0.747. The Morgan fingerprint density at radius 3 is 2.38 bits per heavy atom. The van der Waals surface area contributed by atoms with E-state index in [1.807, 2.05) is 30.3 Å². The van der Waals surface area contributed by atoms with E-state index in [-0.39, 0.29) is 17.1 Å². The molecule has 0 spiro atoms. The van der Waals surface area contributed by atoms with Gasteiger partial charge in [-0.1, -0.05) is 30.3 Å². The van der Waals surface area contributed by atoms with E-state index < -0.39 is 12.0 Å². The maximum atomic E-state index is 10.4. The van der Waals surface area contributed by atoms with Gasteiger partial charge in [-0.05, 0) is 12.0 Å². The molecule has 0 radical (unpaired) electrons. The molecule has 0 heterocycles. The van der Waals surface area contributed by atoms with E-state index in [4.69, 9.17) is 10.8 Å². The molecule has 1 aromatic rings. The second-order valence-electron chi connectivity index (χ2n) is 2.63. The Morgan fingerprint density at radius 1 is 1.38 bits per heavy atom. The van der Waals surface area contributed by atoms with Gasteiger partial charge in [0.25, 0.3) is 0 Å². The van der Waals surface area contributed by atoms with Gasteiger partial charge in [-0.2, -0.15) is 0 Å². The monoisotopic (exact) mass is 228 g/mol. The molecule has 1 atom stereocenters. The second-order valence-corrected chi connectivity index (χ2v) is 2.63. The molecule has 74 valence electrons. The van der Waals surface area contributed by atoms with Crippen LogP contribution in [0.1, 0.15) is 5.56 Å². The summed E-state index contributed by atoms with van der Waals surface area (Å²) in [6.45, 7) is 0. The van der Waals surface area contributed by atoms with Gasteiger partial charge in [-0.25, -0.2) is 0 Å². The Morgan fingerprint density at radius 2 is 1.92 bits per heavy atom. The summed E-state index contributed by atoms with van der Waals surface area (Å²) in [5, 5.41) is 8.52. The maximum absolute atomic E-state index is 10.4. The van der Waals surface area contributed by atoms with Crippen LogP contribution in [-0.4, -0.2) is 17.1 Å². The van der Waals surface area contributed by atoms with Crippen LogP contribution in [0.2, 0.25) is 0 Å². The zero-order chi connectivity index (χ0) is 8.97. The summed E-state index contributed by atoms with van der Waals surface area (Å²) in [6.07, 6.45) is 0.385. The van der Waals surface area contributed by atoms with Crippen LogP contribution >= 0.6 is 0 Å². The molecule has 3 N–H and O–H groups in total. The minimum absolute atomic E-state index is 0. The van der Waals surface area contributed by atoms with Gasteiger partial charge in [0.05, 0.1) is 0 Å². The number of rotatable bonds is 3. The molecule has 1 aromatic carbocycles. The van der Waals surface area contributed by atoms with E-state index in [1.165, 1.54) is 0 Å². The fourth-order valence-corrected chi connectivity index (χ4v) is 0.955. The molecule has 4 heteroatoms. The largest absolute Gasteiger partial charge is 1.00 e. The number of carboxylic acids is 1. The van der Waals surface area contributed by atoms with Gasteiger partial charge >= 0.3 is 23.0 Å². The van der Waals surface area contributed by atoms with E-state index in [1.54, 1.807) is 0 Å². The van der Waals surface area contributed by atoms with Crippen molar-refractivity contribution in [1.82, 2.24) is 0 Å².